The molecule has 0 aromatic heterocycles. The van der Waals surface area contributed by atoms with Gasteiger partial charge >= 0.3 is 0 Å². The number of likely N-dealkylation sites (N-methyl/N-ethyl adjacent to an activating group) is 1. The van der Waals surface area contributed by atoms with Crippen molar-refractivity contribution in [2.75, 3.05) is 38.8 Å². The molecule has 0 radical (unpaired) electrons. The molecule has 112 valence electrons. The molecule has 0 heterocycles. The number of sulfone groups is 1. The van der Waals surface area contributed by atoms with Crippen LogP contribution in [0.5, 0.6) is 5.75 Å². The standard InChI is InChI=1S/C14H21NO4S/c1-12(16)13-6-4-5-7-14(13)19-10-8-15(2)9-11-20(3,17)18/h4-7H,8-11H2,1-3H3. The fraction of sp³-hybridized carbons (Fsp3) is 0.500. The SMILES string of the molecule is CC(=O)c1ccccc1OCCN(C)CCS(C)(=O)=O. The van der Waals surface area contributed by atoms with Gasteiger partial charge in [0.2, 0.25) is 0 Å². The fourth-order valence-electron chi connectivity index (χ4n) is 1.63. The van der Waals surface area contributed by atoms with Crippen molar-refractivity contribution in [3.05, 3.63) is 29.8 Å². The maximum atomic E-state index is 11.4. The second-order valence-corrected chi connectivity index (χ2v) is 7.09. The quantitative estimate of drug-likeness (QED) is 0.676. The van der Waals surface area contributed by atoms with E-state index in [0.717, 1.165) is 0 Å². The average Bonchev–Trinajstić information content (AvgIpc) is 2.36. The van der Waals surface area contributed by atoms with E-state index < -0.39 is 9.84 Å². The molecule has 1 aromatic rings. The van der Waals surface area contributed by atoms with E-state index in [4.69, 9.17) is 4.74 Å². The zero-order chi connectivity index (χ0) is 15.2. The van der Waals surface area contributed by atoms with Gasteiger partial charge in [0.05, 0.1) is 11.3 Å². The first-order chi connectivity index (χ1) is 9.29. The van der Waals surface area contributed by atoms with Gasteiger partial charge in [-0.25, -0.2) is 8.42 Å². The molecule has 0 fully saturated rings. The first-order valence-corrected chi connectivity index (χ1v) is 8.44. The maximum Gasteiger partial charge on any atom is 0.163 e. The predicted molar refractivity (Wildman–Crippen MR) is 79.1 cm³/mol. The van der Waals surface area contributed by atoms with Crippen LogP contribution >= 0.6 is 0 Å². The molecule has 0 unspecified atom stereocenters. The minimum atomic E-state index is -2.94. The lowest BCUT2D eigenvalue weighted by Gasteiger charge is -2.17. The van der Waals surface area contributed by atoms with Crippen LogP contribution in [0.4, 0.5) is 0 Å². The van der Waals surface area contributed by atoms with Gasteiger partial charge in [-0.2, -0.15) is 0 Å². The van der Waals surface area contributed by atoms with Gasteiger partial charge < -0.3 is 9.64 Å². The largest absolute Gasteiger partial charge is 0.491 e. The number of carbonyl (C=O) groups excluding carboxylic acids is 1. The third kappa shape index (κ3) is 6.16. The Bertz CT molecular complexity index is 554. The van der Waals surface area contributed by atoms with Crippen LogP contribution in [0.25, 0.3) is 0 Å². The molecule has 0 N–H and O–H groups in total. The number of carbonyl (C=O) groups is 1. The van der Waals surface area contributed by atoms with Gasteiger partial charge in [-0.05, 0) is 26.1 Å². The monoisotopic (exact) mass is 299 g/mol. The summed E-state index contributed by atoms with van der Waals surface area (Å²) in [5, 5.41) is 0. The highest BCUT2D eigenvalue weighted by Gasteiger charge is 2.08. The van der Waals surface area contributed by atoms with E-state index in [1.807, 2.05) is 18.0 Å². The number of benzene rings is 1. The Morgan fingerprint density at radius 1 is 1.25 bits per heavy atom. The summed E-state index contributed by atoms with van der Waals surface area (Å²) in [5.41, 5.74) is 0.561. The second kappa shape index (κ2) is 7.40. The van der Waals surface area contributed by atoms with Crippen LogP contribution in [-0.2, 0) is 9.84 Å². The first-order valence-electron chi connectivity index (χ1n) is 6.38. The molecule has 0 atom stereocenters. The molecule has 0 saturated heterocycles. The zero-order valence-corrected chi connectivity index (χ0v) is 12.9. The third-order valence-corrected chi connectivity index (χ3v) is 3.76. The Hall–Kier alpha value is -1.40. The molecule has 0 aliphatic heterocycles. The van der Waals surface area contributed by atoms with Crippen LogP contribution < -0.4 is 4.74 Å². The number of ether oxygens (including phenoxy) is 1. The summed E-state index contributed by atoms with van der Waals surface area (Å²) < 4.78 is 27.7. The normalized spacial score (nSPS) is 11.6. The number of ketones is 1. The fourth-order valence-corrected chi connectivity index (χ4v) is 2.27. The van der Waals surface area contributed by atoms with E-state index in [0.29, 0.717) is 31.0 Å². The van der Waals surface area contributed by atoms with Crippen molar-refractivity contribution in [1.29, 1.82) is 0 Å². The van der Waals surface area contributed by atoms with Crippen LogP contribution in [0.1, 0.15) is 17.3 Å². The Labute approximate surface area is 120 Å². The Kier molecular flexibility index (Phi) is 6.16. The Morgan fingerprint density at radius 3 is 2.50 bits per heavy atom. The van der Waals surface area contributed by atoms with Crippen LogP contribution in [0.15, 0.2) is 24.3 Å². The molecule has 1 rings (SSSR count). The number of Topliss-reactive ketones (excluding diaryl/α,β-unsaturated/α-hetero) is 1. The molecule has 0 aliphatic rings. The predicted octanol–water partition coefficient (Wildman–Crippen LogP) is 1.24. The lowest BCUT2D eigenvalue weighted by Crippen LogP contribution is -2.29. The third-order valence-electron chi connectivity index (χ3n) is 2.84. The molecule has 0 aliphatic carbocycles. The molecular weight excluding hydrogens is 278 g/mol. The van der Waals surface area contributed by atoms with Crippen LogP contribution in [-0.4, -0.2) is 57.9 Å². The molecule has 6 heteroatoms. The molecule has 5 nitrogen and oxygen atoms in total. The molecule has 0 bridgehead atoms. The summed E-state index contributed by atoms with van der Waals surface area (Å²) in [7, 11) is -1.10. The van der Waals surface area contributed by atoms with Crippen LogP contribution in [0.2, 0.25) is 0 Å². The van der Waals surface area contributed by atoms with Gasteiger partial charge in [0.15, 0.2) is 5.78 Å². The number of para-hydroxylation sites is 1. The van der Waals surface area contributed by atoms with E-state index in [1.165, 1.54) is 13.2 Å². The van der Waals surface area contributed by atoms with Gasteiger partial charge in [-0.3, -0.25) is 4.79 Å². The highest BCUT2D eigenvalue weighted by atomic mass is 32.2. The van der Waals surface area contributed by atoms with Crippen molar-refractivity contribution >= 4 is 15.6 Å². The van der Waals surface area contributed by atoms with Gasteiger partial charge in [0.25, 0.3) is 0 Å². The number of rotatable bonds is 8. The summed E-state index contributed by atoms with van der Waals surface area (Å²) in [6, 6.07) is 7.09. The van der Waals surface area contributed by atoms with E-state index >= 15 is 0 Å². The van der Waals surface area contributed by atoms with Crippen molar-refractivity contribution in [3.8, 4) is 5.75 Å². The summed E-state index contributed by atoms with van der Waals surface area (Å²) in [5.74, 6) is 0.663. The van der Waals surface area contributed by atoms with Gasteiger partial charge in [0.1, 0.15) is 22.2 Å². The minimum absolute atomic E-state index is 0.0361. The van der Waals surface area contributed by atoms with E-state index in [2.05, 4.69) is 0 Å². The molecule has 0 amide bonds. The van der Waals surface area contributed by atoms with Crippen molar-refractivity contribution in [2.24, 2.45) is 0 Å². The highest BCUT2D eigenvalue weighted by Crippen LogP contribution is 2.18. The number of hydrogen-bond acceptors (Lipinski definition) is 5. The van der Waals surface area contributed by atoms with Crippen molar-refractivity contribution in [1.82, 2.24) is 4.90 Å². The summed E-state index contributed by atoms with van der Waals surface area (Å²) in [6.45, 7) is 2.98. The van der Waals surface area contributed by atoms with E-state index in [-0.39, 0.29) is 11.5 Å². The van der Waals surface area contributed by atoms with Crippen LogP contribution in [0, 0.1) is 0 Å². The Balaban J connectivity index is 2.43. The lowest BCUT2D eigenvalue weighted by atomic mass is 10.1. The van der Waals surface area contributed by atoms with Gasteiger partial charge in [-0.15, -0.1) is 0 Å². The van der Waals surface area contributed by atoms with E-state index in [9.17, 15) is 13.2 Å². The molecule has 0 saturated carbocycles. The molecule has 20 heavy (non-hydrogen) atoms. The highest BCUT2D eigenvalue weighted by molar-refractivity contribution is 7.90. The van der Waals surface area contributed by atoms with E-state index in [1.54, 1.807) is 18.2 Å². The maximum absolute atomic E-state index is 11.4. The van der Waals surface area contributed by atoms with Crippen molar-refractivity contribution in [2.45, 2.75) is 6.92 Å². The van der Waals surface area contributed by atoms with Crippen LogP contribution in [0.3, 0.4) is 0 Å². The molecular formula is C14H21NO4S. The second-order valence-electron chi connectivity index (χ2n) is 4.83. The zero-order valence-electron chi connectivity index (χ0n) is 12.1. The molecule has 0 spiro atoms. The summed E-state index contributed by atoms with van der Waals surface area (Å²) in [6.07, 6.45) is 1.22. The topological polar surface area (TPSA) is 63.7 Å². The Morgan fingerprint density at radius 2 is 1.90 bits per heavy atom. The smallest absolute Gasteiger partial charge is 0.163 e. The van der Waals surface area contributed by atoms with Crippen molar-refractivity contribution in [3.63, 3.8) is 0 Å². The first kappa shape index (κ1) is 16.7. The van der Waals surface area contributed by atoms with Crippen molar-refractivity contribution < 1.29 is 17.9 Å². The number of hydrogen-bond donors (Lipinski definition) is 0. The van der Waals surface area contributed by atoms with Gasteiger partial charge in [0, 0.05) is 19.3 Å². The lowest BCUT2D eigenvalue weighted by molar-refractivity contribution is 0.101. The van der Waals surface area contributed by atoms with Gasteiger partial charge in [-0.1, -0.05) is 12.1 Å². The number of nitrogens with zero attached hydrogens (tertiary/aromatic N) is 1. The minimum Gasteiger partial charge on any atom is -0.491 e. The average molecular weight is 299 g/mol. The summed E-state index contributed by atoms with van der Waals surface area (Å²) in [4.78, 5) is 13.3. The summed E-state index contributed by atoms with van der Waals surface area (Å²) >= 11 is 0. The molecule has 1 aromatic carbocycles.